The lowest BCUT2D eigenvalue weighted by atomic mass is 10.1. The van der Waals surface area contributed by atoms with Gasteiger partial charge in [-0.25, -0.2) is 0 Å². The SMILES string of the molecule is O=C([O-])c1ccc2ccccc2c1.[NH3+]Cc1ccccc1Cl. The maximum Gasteiger partial charge on any atom is 0.101 e. The number of rotatable bonds is 2. The van der Waals surface area contributed by atoms with Gasteiger partial charge in [-0.15, -0.1) is 0 Å². The highest BCUT2D eigenvalue weighted by Crippen LogP contribution is 2.15. The highest BCUT2D eigenvalue weighted by Gasteiger charge is 1.95. The molecule has 0 saturated carbocycles. The fourth-order valence-electron chi connectivity index (χ4n) is 2.02. The van der Waals surface area contributed by atoms with Crippen molar-refractivity contribution < 1.29 is 15.6 Å². The van der Waals surface area contributed by atoms with Crippen molar-refractivity contribution in [3.63, 3.8) is 0 Å². The molecule has 0 bridgehead atoms. The summed E-state index contributed by atoms with van der Waals surface area (Å²) in [6, 6.07) is 20.3. The molecule has 0 fully saturated rings. The number of hydrogen-bond donors (Lipinski definition) is 1. The Kier molecular flexibility index (Phi) is 5.53. The summed E-state index contributed by atoms with van der Waals surface area (Å²) in [5, 5.41) is 13.3. The number of aromatic carboxylic acids is 1. The molecule has 3 aromatic rings. The summed E-state index contributed by atoms with van der Waals surface area (Å²) < 4.78 is 0. The summed E-state index contributed by atoms with van der Waals surface area (Å²) in [5.41, 5.74) is 5.06. The van der Waals surface area contributed by atoms with Crippen LogP contribution in [-0.2, 0) is 6.54 Å². The topological polar surface area (TPSA) is 67.8 Å². The molecular formula is C18H16ClNO2. The Morgan fingerprint density at radius 2 is 1.59 bits per heavy atom. The Bertz CT molecular complexity index is 787. The Morgan fingerprint density at radius 3 is 2.18 bits per heavy atom. The third-order valence-electron chi connectivity index (χ3n) is 3.21. The fourth-order valence-corrected chi connectivity index (χ4v) is 2.25. The van der Waals surface area contributed by atoms with Gasteiger partial charge in [-0.1, -0.05) is 66.2 Å². The second-order valence-electron chi connectivity index (χ2n) is 4.69. The van der Waals surface area contributed by atoms with Crippen LogP contribution < -0.4 is 10.8 Å². The van der Waals surface area contributed by atoms with Gasteiger partial charge in [-0.2, -0.15) is 0 Å². The number of benzene rings is 3. The summed E-state index contributed by atoms with van der Waals surface area (Å²) in [4.78, 5) is 10.5. The minimum absolute atomic E-state index is 0.221. The van der Waals surface area contributed by atoms with E-state index < -0.39 is 5.97 Å². The van der Waals surface area contributed by atoms with Crippen molar-refractivity contribution in [2.75, 3.05) is 0 Å². The zero-order valence-corrected chi connectivity index (χ0v) is 12.7. The lowest BCUT2D eigenvalue weighted by Gasteiger charge is -2.03. The molecule has 0 amide bonds. The molecule has 3 rings (SSSR count). The van der Waals surface area contributed by atoms with E-state index in [-0.39, 0.29) is 5.56 Å². The molecule has 3 nitrogen and oxygen atoms in total. The molecule has 0 aromatic heterocycles. The number of fused-ring (bicyclic) bond motifs is 1. The van der Waals surface area contributed by atoms with Gasteiger partial charge in [-0.05, 0) is 28.5 Å². The fraction of sp³-hybridized carbons (Fsp3) is 0.0556. The Balaban J connectivity index is 0.000000172. The van der Waals surface area contributed by atoms with E-state index in [1.807, 2.05) is 48.5 Å². The quantitative estimate of drug-likeness (QED) is 0.788. The first kappa shape index (κ1) is 16.0. The molecule has 0 saturated heterocycles. The molecule has 22 heavy (non-hydrogen) atoms. The van der Waals surface area contributed by atoms with E-state index in [0.29, 0.717) is 0 Å². The van der Waals surface area contributed by atoms with Crippen molar-refractivity contribution in [2.45, 2.75) is 6.54 Å². The largest absolute Gasteiger partial charge is 0.545 e. The molecule has 0 aliphatic carbocycles. The van der Waals surface area contributed by atoms with Crippen LogP contribution in [0.25, 0.3) is 10.8 Å². The molecule has 3 N–H and O–H groups in total. The van der Waals surface area contributed by atoms with Crippen LogP contribution in [0.3, 0.4) is 0 Å². The van der Waals surface area contributed by atoms with Gasteiger partial charge < -0.3 is 15.6 Å². The van der Waals surface area contributed by atoms with Crippen LogP contribution >= 0.6 is 11.6 Å². The van der Waals surface area contributed by atoms with Gasteiger partial charge in [0.2, 0.25) is 0 Å². The summed E-state index contributed by atoms with van der Waals surface area (Å²) in [6.45, 7) is 0.764. The summed E-state index contributed by atoms with van der Waals surface area (Å²) in [5.74, 6) is -1.13. The van der Waals surface area contributed by atoms with Crippen LogP contribution in [0.4, 0.5) is 0 Å². The van der Waals surface area contributed by atoms with Gasteiger partial charge in [0, 0.05) is 10.6 Å². The van der Waals surface area contributed by atoms with Crippen molar-refractivity contribution in [3.05, 3.63) is 82.9 Å². The number of halogens is 1. The van der Waals surface area contributed by atoms with Gasteiger partial charge in [0.25, 0.3) is 0 Å². The third-order valence-corrected chi connectivity index (χ3v) is 3.58. The molecule has 0 heterocycles. The average molecular weight is 314 g/mol. The van der Waals surface area contributed by atoms with Crippen LogP contribution in [0, 0.1) is 0 Å². The van der Waals surface area contributed by atoms with Crippen LogP contribution in [0.15, 0.2) is 66.7 Å². The minimum atomic E-state index is -1.13. The van der Waals surface area contributed by atoms with Gasteiger partial charge in [0.1, 0.15) is 6.54 Å². The van der Waals surface area contributed by atoms with Crippen molar-refractivity contribution in [2.24, 2.45) is 0 Å². The molecule has 112 valence electrons. The number of quaternary nitrogens is 1. The first-order chi connectivity index (χ1) is 10.6. The van der Waals surface area contributed by atoms with Crippen molar-refractivity contribution in [3.8, 4) is 0 Å². The molecule has 0 atom stereocenters. The molecule has 0 unspecified atom stereocenters. The maximum atomic E-state index is 10.5. The average Bonchev–Trinajstić information content (AvgIpc) is 2.55. The second-order valence-corrected chi connectivity index (χ2v) is 5.10. The van der Waals surface area contributed by atoms with Gasteiger partial charge in [-0.3, -0.25) is 0 Å². The zero-order chi connectivity index (χ0) is 15.9. The zero-order valence-electron chi connectivity index (χ0n) is 12.0. The predicted octanol–water partition coefficient (Wildman–Crippen LogP) is 2.29. The van der Waals surface area contributed by atoms with E-state index in [9.17, 15) is 9.90 Å². The first-order valence-electron chi connectivity index (χ1n) is 6.84. The summed E-state index contributed by atoms with van der Waals surface area (Å²) in [6.07, 6.45) is 0. The summed E-state index contributed by atoms with van der Waals surface area (Å²) in [7, 11) is 0. The number of carboxylic acids is 1. The van der Waals surface area contributed by atoms with E-state index in [1.165, 1.54) is 0 Å². The third kappa shape index (κ3) is 4.07. The molecule has 0 aliphatic heterocycles. The van der Waals surface area contributed by atoms with Gasteiger partial charge in [0.05, 0.1) is 5.97 Å². The smallest absolute Gasteiger partial charge is 0.101 e. The predicted molar refractivity (Wildman–Crippen MR) is 86.3 cm³/mol. The number of carbonyl (C=O) groups is 1. The summed E-state index contributed by atoms with van der Waals surface area (Å²) >= 11 is 5.78. The Labute approximate surface area is 134 Å². The van der Waals surface area contributed by atoms with E-state index in [1.54, 1.807) is 18.2 Å². The van der Waals surface area contributed by atoms with Crippen molar-refractivity contribution in [1.82, 2.24) is 0 Å². The van der Waals surface area contributed by atoms with Gasteiger partial charge >= 0.3 is 0 Å². The second kappa shape index (κ2) is 7.59. The number of carboxylic acid groups (broad SMARTS) is 1. The minimum Gasteiger partial charge on any atom is -0.545 e. The van der Waals surface area contributed by atoms with Crippen molar-refractivity contribution in [1.29, 1.82) is 0 Å². The molecule has 0 radical (unpaired) electrons. The first-order valence-corrected chi connectivity index (χ1v) is 7.22. The lowest BCUT2D eigenvalue weighted by Crippen LogP contribution is -2.47. The maximum absolute atomic E-state index is 10.5. The monoisotopic (exact) mass is 313 g/mol. The van der Waals surface area contributed by atoms with Gasteiger partial charge in [0.15, 0.2) is 0 Å². The highest BCUT2D eigenvalue weighted by molar-refractivity contribution is 6.31. The van der Waals surface area contributed by atoms with E-state index >= 15 is 0 Å². The normalized spacial score (nSPS) is 9.91. The van der Waals surface area contributed by atoms with Crippen molar-refractivity contribution >= 4 is 28.3 Å². The van der Waals surface area contributed by atoms with Crippen LogP contribution in [0.2, 0.25) is 5.02 Å². The Morgan fingerprint density at radius 1 is 0.955 bits per heavy atom. The highest BCUT2D eigenvalue weighted by atomic mass is 35.5. The standard InChI is InChI=1S/C11H8O2.C7H8ClN/c12-11(13)10-6-5-8-3-1-2-4-9(8)7-10;8-7-4-2-1-3-6(7)5-9/h1-7H,(H,12,13);1-4H,5,9H2. The Hall–Kier alpha value is -2.36. The number of hydrogen-bond acceptors (Lipinski definition) is 2. The molecule has 0 aliphatic rings. The molecule has 3 aromatic carbocycles. The molecule has 0 spiro atoms. The van der Waals surface area contributed by atoms with Crippen LogP contribution in [0.5, 0.6) is 0 Å². The van der Waals surface area contributed by atoms with E-state index in [0.717, 1.165) is 27.9 Å². The number of carbonyl (C=O) groups excluding carboxylic acids is 1. The van der Waals surface area contributed by atoms with Crippen LogP contribution in [0.1, 0.15) is 15.9 Å². The lowest BCUT2D eigenvalue weighted by molar-refractivity contribution is -0.386. The molecular weight excluding hydrogens is 298 g/mol. The van der Waals surface area contributed by atoms with E-state index in [4.69, 9.17) is 11.6 Å². The van der Waals surface area contributed by atoms with E-state index in [2.05, 4.69) is 5.73 Å². The van der Waals surface area contributed by atoms with Crippen LogP contribution in [-0.4, -0.2) is 5.97 Å². The molecule has 4 heteroatoms.